The van der Waals surface area contributed by atoms with E-state index in [1.165, 1.54) is 0 Å². The number of aliphatic imine (C=N–C) groups is 1. The fraction of sp³-hybridized carbons (Fsp3) is 0.500. The number of rotatable bonds is 5. The zero-order valence-electron chi connectivity index (χ0n) is 15.6. The highest BCUT2D eigenvalue weighted by molar-refractivity contribution is 7.09. The molecule has 0 atom stereocenters. The maximum Gasteiger partial charge on any atom is 0.434 e. The average Bonchev–Trinajstić information content (AvgIpc) is 3.18. The number of hydrogen-bond donors (Lipinski definition) is 1. The molecule has 2 aromatic rings. The van der Waals surface area contributed by atoms with Gasteiger partial charge in [-0.25, -0.2) is 9.97 Å². The number of nitrogens with zero attached hydrogens (tertiary/aromatic N) is 5. The Hall–Kier alpha value is -2.36. The van der Waals surface area contributed by atoms with Crippen molar-refractivity contribution in [2.24, 2.45) is 4.99 Å². The Morgan fingerprint density at radius 3 is 2.64 bits per heavy atom. The van der Waals surface area contributed by atoms with Gasteiger partial charge in [0.05, 0.1) is 5.01 Å². The molecule has 0 radical (unpaired) electrons. The van der Waals surface area contributed by atoms with Crippen LogP contribution in [0.5, 0.6) is 0 Å². The van der Waals surface area contributed by atoms with Crippen molar-refractivity contribution in [3.05, 3.63) is 40.5 Å². The summed E-state index contributed by atoms with van der Waals surface area (Å²) in [5.41, 5.74) is -0.825. The number of pyridine rings is 1. The van der Waals surface area contributed by atoms with E-state index in [-0.39, 0.29) is 0 Å². The molecule has 1 aliphatic rings. The van der Waals surface area contributed by atoms with Gasteiger partial charge in [-0.2, -0.15) is 13.2 Å². The Labute approximate surface area is 166 Å². The largest absolute Gasteiger partial charge is 0.434 e. The van der Waals surface area contributed by atoms with E-state index in [1.807, 2.05) is 25.1 Å². The molecule has 3 rings (SSSR count). The predicted molar refractivity (Wildman–Crippen MR) is 105 cm³/mol. The molecule has 0 saturated carbocycles. The van der Waals surface area contributed by atoms with Gasteiger partial charge < -0.3 is 15.1 Å². The Kier molecular flexibility index (Phi) is 6.71. The minimum atomic E-state index is -4.39. The fourth-order valence-corrected chi connectivity index (χ4v) is 3.72. The minimum Gasteiger partial charge on any atom is -0.357 e. The molecule has 0 spiro atoms. The first-order valence-corrected chi connectivity index (χ1v) is 10.1. The van der Waals surface area contributed by atoms with E-state index in [9.17, 15) is 13.2 Å². The molecule has 28 heavy (non-hydrogen) atoms. The van der Waals surface area contributed by atoms with Crippen molar-refractivity contribution in [1.82, 2.24) is 20.2 Å². The third kappa shape index (κ3) is 5.34. The van der Waals surface area contributed by atoms with Crippen molar-refractivity contribution in [3.8, 4) is 0 Å². The van der Waals surface area contributed by atoms with Gasteiger partial charge in [-0.05, 0) is 19.1 Å². The minimum absolute atomic E-state index is 0.392. The number of piperazine rings is 1. The fourth-order valence-electron chi connectivity index (χ4n) is 2.93. The summed E-state index contributed by atoms with van der Waals surface area (Å²) < 4.78 is 37.9. The van der Waals surface area contributed by atoms with Crippen LogP contribution in [0, 0.1) is 0 Å². The highest BCUT2D eigenvalue weighted by Crippen LogP contribution is 2.30. The van der Waals surface area contributed by atoms with Crippen LogP contribution in [0.4, 0.5) is 19.0 Å². The van der Waals surface area contributed by atoms with Crippen LogP contribution < -0.4 is 10.2 Å². The van der Waals surface area contributed by atoms with E-state index in [4.69, 9.17) is 0 Å². The molecule has 1 N–H and O–H groups in total. The second-order valence-electron chi connectivity index (χ2n) is 6.27. The molecule has 1 fully saturated rings. The van der Waals surface area contributed by atoms with E-state index in [2.05, 4.69) is 30.1 Å². The highest BCUT2D eigenvalue weighted by Gasteiger charge is 2.33. The smallest absolute Gasteiger partial charge is 0.357 e. The van der Waals surface area contributed by atoms with Crippen LogP contribution in [0.25, 0.3) is 0 Å². The van der Waals surface area contributed by atoms with Crippen LogP contribution in [-0.2, 0) is 12.6 Å². The lowest BCUT2D eigenvalue weighted by Gasteiger charge is -2.37. The van der Waals surface area contributed by atoms with E-state index in [0.29, 0.717) is 18.0 Å². The van der Waals surface area contributed by atoms with Gasteiger partial charge in [-0.3, -0.25) is 4.99 Å². The molecular formula is C18H23F3N6S. The lowest BCUT2D eigenvalue weighted by Crippen LogP contribution is -2.52. The molecule has 6 nitrogen and oxygen atoms in total. The molecule has 152 valence electrons. The summed E-state index contributed by atoms with van der Waals surface area (Å²) in [6.07, 6.45) is -2.21. The van der Waals surface area contributed by atoms with Gasteiger partial charge >= 0.3 is 6.18 Å². The lowest BCUT2D eigenvalue weighted by atomic mass is 10.3. The van der Waals surface area contributed by atoms with Crippen molar-refractivity contribution in [2.45, 2.75) is 19.5 Å². The number of thiazole rings is 1. The zero-order chi connectivity index (χ0) is 20.0. The normalized spacial score (nSPS) is 15.8. The molecule has 0 amide bonds. The summed E-state index contributed by atoms with van der Waals surface area (Å²) >= 11 is 1.03. The van der Waals surface area contributed by atoms with Gasteiger partial charge in [-0.15, -0.1) is 11.3 Å². The first-order chi connectivity index (χ1) is 13.5. The van der Waals surface area contributed by atoms with Crippen LogP contribution in [0.15, 0.2) is 34.8 Å². The molecule has 3 heterocycles. The van der Waals surface area contributed by atoms with E-state index in [1.54, 1.807) is 6.20 Å². The van der Waals surface area contributed by atoms with E-state index >= 15 is 0 Å². The molecule has 10 heteroatoms. The molecular weight excluding hydrogens is 389 g/mol. The van der Waals surface area contributed by atoms with Crippen molar-refractivity contribution < 1.29 is 13.2 Å². The monoisotopic (exact) mass is 412 g/mol. The Bertz CT molecular complexity index is 769. The molecule has 0 aliphatic carbocycles. The standard InChI is InChI=1S/C18H23F3N6S/c1-2-22-17(24-8-6-16-25-14(13-28-16)18(19,20)21)27-11-9-26(10-12-27)15-5-3-4-7-23-15/h3-5,7,13H,2,6,8-12H2,1H3,(H,22,24). The number of guanidine groups is 1. The van der Waals surface area contributed by atoms with E-state index < -0.39 is 11.9 Å². The molecule has 1 saturated heterocycles. The van der Waals surface area contributed by atoms with Crippen LogP contribution in [0.3, 0.4) is 0 Å². The topological polar surface area (TPSA) is 56.7 Å². The first kappa shape index (κ1) is 20.4. The Balaban J connectivity index is 1.55. The second kappa shape index (κ2) is 9.22. The molecule has 0 bridgehead atoms. The maximum atomic E-state index is 12.6. The molecule has 0 unspecified atom stereocenters. The number of halogens is 3. The van der Waals surface area contributed by atoms with Crippen molar-refractivity contribution in [1.29, 1.82) is 0 Å². The quantitative estimate of drug-likeness (QED) is 0.605. The van der Waals surface area contributed by atoms with Gasteiger partial charge in [0, 0.05) is 57.3 Å². The van der Waals surface area contributed by atoms with Gasteiger partial charge in [0.2, 0.25) is 0 Å². The third-order valence-electron chi connectivity index (χ3n) is 4.32. The SMILES string of the molecule is CCNC(=NCCc1nc(C(F)(F)F)cs1)N1CCN(c2ccccn2)CC1. The molecule has 0 aromatic carbocycles. The summed E-state index contributed by atoms with van der Waals surface area (Å²) in [6.45, 7) is 6.40. The number of hydrogen-bond acceptors (Lipinski definition) is 5. The van der Waals surface area contributed by atoms with Gasteiger partial charge in [0.25, 0.3) is 0 Å². The van der Waals surface area contributed by atoms with Crippen LogP contribution >= 0.6 is 11.3 Å². The summed E-state index contributed by atoms with van der Waals surface area (Å²) in [6, 6.07) is 5.87. The zero-order valence-corrected chi connectivity index (χ0v) is 16.4. The number of aromatic nitrogens is 2. The van der Waals surface area contributed by atoms with Gasteiger partial charge in [0.1, 0.15) is 5.82 Å². The molecule has 2 aromatic heterocycles. The number of nitrogens with one attached hydrogen (secondary N) is 1. The Morgan fingerprint density at radius 2 is 2.04 bits per heavy atom. The Morgan fingerprint density at radius 1 is 1.25 bits per heavy atom. The predicted octanol–water partition coefficient (Wildman–Crippen LogP) is 2.89. The second-order valence-corrected chi connectivity index (χ2v) is 7.21. The van der Waals surface area contributed by atoms with E-state index in [0.717, 1.165) is 61.2 Å². The number of anilines is 1. The highest BCUT2D eigenvalue weighted by atomic mass is 32.1. The number of alkyl halides is 3. The van der Waals surface area contributed by atoms with Gasteiger partial charge in [0.15, 0.2) is 11.7 Å². The van der Waals surface area contributed by atoms with Crippen LogP contribution in [0.1, 0.15) is 17.6 Å². The first-order valence-electron chi connectivity index (χ1n) is 9.18. The maximum absolute atomic E-state index is 12.6. The summed E-state index contributed by atoms with van der Waals surface area (Å²) in [5, 5.41) is 4.77. The van der Waals surface area contributed by atoms with Crippen molar-refractivity contribution in [3.63, 3.8) is 0 Å². The summed E-state index contributed by atoms with van der Waals surface area (Å²) in [7, 11) is 0. The van der Waals surface area contributed by atoms with Crippen LogP contribution in [-0.4, -0.2) is 60.1 Å². The molecule has 1 aliphatic heterocycles. The van der Waals surface area contributed by atoms with Gasteiger partial charge in [-0.1, -0.05) is 6.07 Å². The third-order valence-corrected chi connectivity index (χ3v) is 5.23. The average molecular weight is 412 g/mol. The lowest BCUT2D eigenvalue weighted by molar-refractivity contribution is -0.140. The van der Waals surface area contributed by atoms with Crippen molar-refractivity contribution >= 4 is 23.1 Å². The summed E-state index contributed by atoms with van der Waals surface area (Å²) in [4.78, 5) is 17.0. The summed E-state index contributed by atoms with van der Waals surface area (Å²) in [5.74, 6) is 1.75. The van der Waals surface area contributed by atoms with Crippen LogP contribution in [0.2, 0.25) is 0 Å². The van der Waals surface area contributed by atoms with Crippen molar-refractivity contribution in [2.75, 3.05) is 44.2 Å².